The Morgan fingerprint density at radius 1 is 1.26 bits per heavy atom. The van der Waals surface area contributed by atoms with Crippen LogP contribution in [-0.2, 0) is 9.53 Å². The third-order valence-electron chi connectivity index (χ3n) is 2.62. The minimum Gasteiger partial charge on any atom is -0.463 e. The fraction of sp³-hybridized carbons (Fsp3) is 0.562. The first-order valence-corrected chi connectivity index (χ1v) is 8.15. The van der Waals surface area contributed by atoms with Crippen molar-refractivity contribution in [3.05, 3.63) is 37.0 Å². The van der Waals surface area contributed by atoms with Crippen molar-refractivity contribution in [1.82, 2.24) is 0 Å². The second-order valence-corrected chi connectivity index (χ2v) is 6.53. The van der Waals surface area contributed by atoms with Crippen LogP contribution in [0.15, 0.2) is 37.0 Å². The normalized spacial score (nSPS) is 10.3. The molecule has 0 spiro atoms. The highest BCUT2D eigenvalue weighted by Gasteiger charge is 2.09. The first kappa shape index (κ1) is 17.9. The fourth-order valence-corrected chi connectivity index (χ4v) is 3.23. The van der Waals surface area contributed by atoms with Gasteiger partial charge in [-0.15, -0.1) is 13.2 Å². The predicted molar refractivity (Wildman–Crippen MR) is 83.5 cm³/mol. The molecule has 2 nitrogen and oxygen atoms in total. The van der Waals surface area contributed by atoms with E-state index in [1.165, 1.54) is 23.3 Å². The Morgan fingerprint density at radius 2 is 1.84 bits per heavy atom. The van der Waals surface area contributed by atoms with Crippen molar-refractivity contribution < 1.29 is 9.53 Å². The van der Waals surface area contributed by atoms with Gasteiger partial charge in [0.05, 0.1) is 6.61 Å². The van der Waals surface area contributed by atoms with Crippen molar-refractivity contribution >= 4 is 15.5 Å². The van der Waals surface area contributed by atoms with E-state index in [1.54, 1.807) is 0 Å². The maximum Gasteiger partial charge on any atom is 0.330 e. The number of hydrogen-bond donors (Lipinski definition) is 0. The molecule has 0 N–H and O–H groups in total. The lowest BCUT2D eigenvalue weighted by molar-refractivity contribution is -0.137. The van der Waals surface area contributed by atoms with Crippen molar-refractivity contribution in [2.24, 2.45) is 5.92 Å². The van der Waals surface area contributed by atoms with Gasteiger partial charge in [0.15, 0.2) is 0 Å². The maximum absolute atomic E-state index is 10.8. The van der Waals surface area contributed by atoms with Crippen molar-refractivity contribution in [3.63, 3.8) is 0 Å². The molecule has 0 aliphatic rings. The zero-order valence-electron chi connectivity index (χ0n) is 12.3. The number of hydrogen-bond acceptors (Lipinski definition) is 2. The Morgan fingerprint density at radius 3 is 2.32 bits per heavy atom. The SMILES string of the molecule is C=CC(=O)OCCC[Si]CC(CC(=C)C)CC(=C)C. The van der Waals surface area contributed by atoms with Crippen LogP contribution < -0.4 is 0 Å². The first-order chi connectivity index (χ1) is 8.95. The van der Waals surface area contributed by atoms with E-state index < -0.39 is 0 Å². The lowest BCUT2D eigenvalue weighted by atomic mass is 9.96. The van der Waals surface area contributed by atoms with Crippen molar-refractivity contribution in [2.75, 3.05) is 6.61 Å². The summed E-state index contributed by atoms with van der Waals surface area (Å²) in [5.41, 5.74) is 2.49. The van der Waals surface area contributed by atoms with E-state index in [-0.39, 0.29) is 5.97 Å². The minimum absolute atomic E-state index is 0.328. The average Bonchev–Trinajstić information content (AvgIpc) is 2.31. The molecular weight excluding hydrogens is 252 g/mol. The van der Waals surface area contributed by atoms with Gasteiger partial charge in [-0.1, -0.05) is 29.8 Å². The van der Waals surface area contributed by atoms with Gasteiger partial charge in [0.2, 0.25) is 0 Å². The number of ether oxygens (including phenoxy) is 1. The third kappa shape index (κ3) is 11.7. The Hall–Kier alpha value is -1.09. The monoisotopic (exact) mass is 278 g/mol. The van der Waals surface area contributed by atoms with E-state index in [1.807, 2.05) is 0 Å². The number of esters is 1. The van der Waals surface area contributed by atoms with Gasteiger partial charge in [0.1, 0.15) is 0 Å². The van der Waals surface area contributed by atoms with Crippen molar-refractivity contribution in [2.45, 2.75) is 45.2 Å². The Kier molecular flexibility index (Phi) is 10.2. The van der Waals surface area contributed by atoms with E-state index in [0.717, 1.165) is 34.8 Å². The van der Waals surface area contributed by atoms with Gasteiger partial charge in [-0.3, -0.25) is 0 Å². The van der Waals surface area contributed by atoms with E-state index in [9.17, 15) is 4.79 Å². The lowest BCUT2D eigenvalue weighted by Gasteiger charge is -2.16. The molecule has 2 radical (unpaired) electrons. The summed E-state index contributed by atoms with van der Waals surface area (Å²) >= 11 is 0. The second kappa shape index (κ2) is 10.8. The summed E-state index contributed by atoms with van der Waals surface area (Å²) in [4.78, 5) is 10.8. The quantitative estimate of drug-likeness (QED) is 0.186. The third-order valence-corrected chi connectivity index (χ3v) is 4.19. The molecule has 0 aromatic heterocycles. The molecule has 0 rings (SSSR count). The number of allylic oxidation sites excluding steroid dienone is 2. The molecule has 0 saturated carbocycles. The van der Waals surface area contributed by atoms with Gasteiger partial charge < -0.3 is 4.74 Å². The second-order valence-electron chi connectivity index (χ2n) is 5.12. The molecule has 0 heterocycles. The summed E-state index contributed by atoms with van der Waals surface area (Å²) in [5.74, 6) is 0.342. The van der Waals surface area contributed by atoms with Crippen LogP contribution in [-0.4, -0.2) is 22.1 Å². The molecule has 106 valence electrons. The van der Waals surface area contributed by atoms with Gasteiger partial charge >= 0.3 is 5.97 Å². The highest BCUT2D eigenvalue weighted by atomic mass is 28.2. The van der Waals surface area contributed by atoms with E-state index in [2.05, 4.69) is 33.6 Å². The highest BCUT2D eigenvalue weighted by Crippen LogP contribution is 2.22. The molecule has 19 heavy (non-hydrogen) atoms. The summed E-state index contributed by atoms with van der Waals surface area (Å²) in [6.07, 6.45) is 4.32. The summed E-state index contributed by atoms with van der Waals surface area (Å²) in [6.45, 7) is 16.0. The van der Waals surface area contributed by atoms with E-state index in [4.69, 9.17) is 4.74 Å². The Balaban J connectivity index is 3.74. The number of carbonyl (C=O) groups is 1. The maximum atomic E-state index is 10.8. The first-order valence-electron chi connectivity index (χ1n) is 6.74. The average molecular weight is 278 g/mol. The van der Waals surface area contributed by atoms with Crippen LogP contribution in [0.4, 0.5) is 0 Å². The van der Waals surface area contributed by atoms with Crippen LogP contribution in [0.5, 0.6) is 0 Å². The van der Waals surface area contributed by atoms with Crippen molar-refractivity contribution in [1.29, 1.82) is 0 Å². The lowest BCUT2D eigenvalue weighted by Crippen LogP contribution is -2.07. The van der Waals surface area contributed by atoms with Gasteiger partial charge in [0, 0.05) is 15.6 Å². The molecule has 0 aromatic carbocycles. The van der Waals surface area contributed by atoms with Gasteiger partial charge in [-0.25, -0.2) is 4.79 Å². The molecule has 0 amide bonds. The molecule has 0 aliphatic heterocycles. The molecular formula is C16H26O2Si. The Labute approximate surface area is 120 Å². The zero-order valence-corrected chi connectivity index (χ0v) is 13.3. The largest absolute Gasteiger partial charge is 0.463 e. The summed E-state index contributed by atoms with van der Waals surface area (Å²) in [7, 11) is 0.916. The van der Waals surface area contributed by atoms with Crippen LogP contribution in [0.3, 0.4) is 0 Å². The van der Waals surface area contributed by atoms with Gasteiger partial charge in [-0.2, -0.15) is 0 Å². The summed E-state index contributed by atoms with van der Waals surface area (Å²) in [6, 6.07) is 2.34. The number of rotatable bonds is 11. The van der Waals surface area contributed by atoms with E-state index in [0.29, 0.717) is 12.5 Å². The predicted octanol–water partition coefficient (Wildman–Crippen LogP) is 4.20. The molecule has 0 saturated heterocycles. The minimum atomic E-state index is -0.328. The molecule has 0 bridgehead atoms. The van der Waals surface area contributed by atoms with Crippen LogP contribution in [0.1, 0.15) is 33.1 Å². The van der Waals surface area contributed by atoms with Crippen molar-refractivity contribution in [3.8, 4) is 0 Å². The Bertz CT molecular complexity index is 305. The van der Waals surface area contributed by atoms with Gasteiger partial charge in [-0.05, 0) is 39.0 Å². The summed E-state index contributed by atoms with van der Waals surface area (Å²) in [5, 5.41) is 0. The number of carbonyl (C=O) groups excluding carboxylic acids is 1. The standard InChI is InChI=1S/C16H26O2Si/c1-6-16(17)18-8-7-9-19-12-15(10-13(2)3)11-14(4)5/h6,15H,1-2,4,7-12H2,3,5H3. The zero-order chi connectivity index (χ0) is 14.7. The molecule has 3 heteroatoms. The molecule has 0 atom stereocenters. The molecule has 0 unspecified atom stereocenters. The molecule has 0 fully saturated rings. The van der Waals surface area contributed by atoms with Gasteiger partial charge in [0.25, 0.3) is 0 Å². The van der Waals surface area contributed by atoms with Crippen LogP contribution in [0.25, 0.3) is 0 Å². The molecule has 0 aromatic rings. The molecule has 0 aliphatic carbocycles. The summed E-state index contributed by atoms with van der Waals surface area (Å²) < 4.78 is 4.95. The topological polar surface area (TPSA) is 26.3 Å². The van der Waals surface area contributed by atoms with E-state index >= 15 is 0 Å². The fourth-order valence-electron chi connectivity index (χ4n) is 1.94. The highest BCUT2D eigenvalue weighted by molar-refractivity contribution is 6.35. The smallest absolute Gasteiger partial charge is 0.330 e. The van der Waals surface area contributed by atoms with Crippen LogP contribution in [0.2, 0.25) is 12.1 Å². The van der Waals surface area contributed by atoms with Crippen LogP contribution in [0, 0.1) is 5.92 Å². The van der Waals surface area contributed by atoms with Crippen LogP contribution >= 0.6 is 0 Å².